The van der Waals surface area contributed by atoms with Crippen molar-refractivity contribution in [2.24, 2.45) is 5.92 Å². The fourth-order valence-electron chi connectivity index (χ4n) is 4.04. The lowest BCUT2D eigenvalue weighted by molar-refractivity contribution is -0.121. The molecule has 2 heterocycles. The van der Waals surface area contributed by atoms with Gasteiger partial charge in [0.1, 0.15) is 17.1 Å². The summed E-state index contributed by atoms with van der Waals surface area (Å²) in [6.07, 6.45) is 5.13. The maximum atomic E-state index is 13.1. The van der Waals surface area contributed by atoms with Crippen LogP contribution >= 0.6 is 11.6 Å². The zero-order valence-corrected chi connectivity index (χ0v) is 18.3. The summed E-state index contributed by atoms with van der Waals surface area (Å²) in [5.41, 5.74) is 0.813. The molecule has 2 N–H and O–H groups in total. The molecule has 1 aliphatic rings. The maximum absolute atomic E-state index is 13.1. The number of fused-ring (bicyclic) bond motifs is 1. The van der Waals surface area contributed by atoms with Crippen LogP contribution in [-0.2, 0) is 4.79 Å². The van der Waals surface area contributed by atoms with Crippen molar-refractivity contribution in [1.82, 2.24) is 9.88 Å². The van der Waals surface area contributed by atoms with Crippen LogP contribution in [-0.4, -0.2) is 41.8 Å². The number of benzene rings is 1. The third kappa shape index (κ3) is 4.73. The molecule has 31 heavy (non-hydrogen) atoms. The number of amides is 2. The molecule has 0 saturated heterocycles. The molecule has 8 heteroatoms. The van der Waals surface area contributed by atoms with Crippen molar-refractivity contribution >= 4 is 45.9 Å². The molecule has 0 bridgehead atoms. The van der Waals surface area contributed by atoms with Gasteiger partial charge in [-0.3, -0.25) is 9.59 Å². The number of furan rings is 1. The summed E-state index contributed by atoms with van der Waals surface area (Å²) in [5, 5.41) is 6.75. The third-order valence-corrected chi connectivity index (χ3v) is 6.04. The van der Waals surface area contributed by atoms with Crippen LogP contribution in [0.3, 0.4) is 0 Å². The number of hydrogen-bond donors (Lipinski definition) is 2. The molecule has 1 saturated carbocycles. The minimum atomic E-state index is -0.488. The number of nitrogens with one attached hydrogen (secondary N) is 2. The molecule has 0 atom stereocenters. The first-order valence-corrected chi connectivity index (χ1v) is 10.7. The average molecular weight is 441 g/mol. The highest BCUT2D eigenvalue weighted by Crippen LogP contribution is 2.35. The minimum Gasteiger partial charge on any atom is -0.449 e. The van der Waals surface area contributed by atoms with Crippen molar-refractivity contribution < 1.29 is 14.0 Å². The highest BCUT2D eigenvalue weighted by Gasteiger charge is 2.30. The maximum Gasteiger partial charge on any atom is 0.294 e. The first-order valence-electron chi connectivity index (χ1n) is 10.3. The van der Waals surface area contributed by atoms with Crippen LogP contribution in [0.5, 0.6) is 0 Å². The summed E-state index contributed by atoms with van der Waals surface area (Å²) < 4.78 is 5.81. The molecule has 1 aromatic carbocycles. The van der Waals surface area contributed by atoms with Crippen molar-refractivity contribution in [2.45, 2.75) is 31.7 Å². The van der Waals surface area contributed by atoms with Crippen molar-refractivity contribution in [3.05, 3.63) is 53.4 Å². The van der Waals surface area contributed by atoms with Gasteiger partial charge in [-0.2, -0.15) is 0 Å². The molecule has 0 aliphatic heterocycles. The van der Waals surface area contributed by atoms with Gasteiger partial charge in [0.2, 0.25) is 11.7 Å². The number of carbonyl (C=O) groups excluding carboxylic acids is 2. The van der Waals surface area contributed by atoms with Crippen LogP contribution in [0.2, 0.25) is 5.02 Å². The van der Waals surface area contributed by atoms with E-state index in [1.54, 1.807) is 42.6 Å². The van der Waals surface area contributed by atoms with E-state index in [2.05, 4.69) is 34.6 Å². The number of anilines is 2. The highest BCUT2D eigenvalue weighted by molar-refractivity contribution is 6.31. The van der Waals surface area contributed by atoms with Crippen molar-refractivity contribution in [3.63, 3.8) is 0 Å². The molecule has 0 unspecified atom stereocenters. The first kappa shape index (κ1) is 21.3. The highest BCUT2D eigenvalue weighted by atomic mass is 35.5. The number of carbonyl (C=O) groups is 2. The van der Waals surface area contributed by atoms with Gasteiger partial charge in [0.15, 0.2) is 0 Å². The van der Waals surface area contributed by atoms with Crippen LogP contribution in [0.1, 0.15) is 36.2 Å². The smallest absolute Gasteiger partial charge is 0.294 e. The van der Waals surface area contributed by atoms with Crippen LogP contribution in [0, 0.1) is 5.92 Å². The molecule has 1 fully saturated rings. The third-order valence-electron chi connectivity index (χ3n) is 5.81. The molecule has 4 rings (SSSR count). The Kier molecular flexibility index (Phi) is 6.25. The Morgan fingerprint density at radius 3 is 2.55 bits per heavy atom. The number of aromatic nitrogens is 1. The number of pyridine rings is 1. The number of hydrogen-bond acceptors (Lipinski definition) is 5. The van der Waals surface area contributed by atoms with Gasteiger partial charge in [0, 0.05) is 28.6 Å². The molecule has 162 valence electrons. The molecule has 2 aromatic heterocycles. The van der Waals surface area contributed by atoms with Crippen LogP contribution in [0.25, 0.3) is 11.0 Å². The zero-order valence-electron chi connectivity index (χ0n) is 17.5. The van der Waals surface area contributed by atoms with Gasteiger partial charge in [-0.05, 0) is 70.1 Å². The van der Waals surface area contributed by atoms with Gasteiger partial charge in [-0.15, -0.1) is 0 Å². The van der Waals surface area contributed by atoms with Gasteiger partial charge in [-0.1, -0.05) is 17.7 Å². The lowest BCUT2D eigenvalue weighted by Gasteiger charge is -2.31. The predicted octanol–water partition coefficient (Wildman–Crippen LogP) is 4.79. The minimum absolute atomic E-state index is 0.0262. The van der Waals surface area contributed by atoms with E-state index in [1.165, 1.54) is 0 Å². The Hall–Kier alpha value is -2.90. The van der Waals surface area contributed by atoms with E-state index in [-0.39, 0.29) is 17.6 Å². The lowest BCUT2D eigenvalue weighted by Crippen LogP contribution is -2.35. The second kappa shape index (κ2) is 9.08. The van der Waals surface area contributed by atoms with Crippen LogP contribution < -0.4 is 10.6 Å². The van der Waals surface area contributed by atoms with E-state index >= 15 is 0 Å². The van der Waals surface area contributed by atoms with Crippen molar-refractivity contribution in [1.29, 1.82) is 0 Å². The fourth-order valence-corrected chi connectivity index (χ4v) is 4.22. The van der Waals surface area contributed by atoms with Crippen molar-refractivity contribution in [2.75, 3.05) is 24.7 Å². The summed E-state index contributed by atoms with van der Waals surface area (Å²) in [7, 11) is 4.14. The SMILES string of the molecule is CN(C)C1CCC(C(=O)Nc2c(C(=O)Nc3ccccn3)oc3ccc(Cl)cc23)CC1. The number of nitrogens with zero attached hydrogens (tertiary/aromatic N) is 2. The molecule has 3 aromatic rings. The lowest BCUT2D eigenvalue weighted by atomic mass is 9.85. The molecule has 7 nitrogen and oxygen atoms in total. The Labute approximate surface area is 185 Å². The van der Waals surface area contributed by atoms with Gasteiger partial charge < -0.3 is 20.0 Å². The topological polar surface area (TPSA) is 87.5 Å². The van der Waals surface area contributed by atoms with Gasteiger partial charge >= 0.3 is 0 Å². The monoisotopic (exact) mass is 440 g/mol. The molecule has 2 amide bonds. The fraction of sp³-hybridized carbons (Fsp3) is 0.348. The van der Waals surface area contributed by atoms with Gasteiger partial charge in [0.05, 0.1) is 0 Å². The summed E-state index contributed by atoms with van der Waals surface area (Å²) in [5.74, 6) is -0.278. The Morgan fingerprint density at radius 1 is 1.10 bits per heavy atom. The largest absolute Gasteiger partial charge is 0.449 e. The van der Waals surface area contributed by atoms with Crippen LogP contribution in [0.4, 0.5) is 11.5 Å². The van der Waals surface area contributed by atoms with Gasteiger partial charge in [-0.25, -0.2) is 4.98 Å². The Bertz CT molecular complexity index is 1090. The Balaban J connectivity index is 1.59. The van der Waals surface area contributed by atoms with Gasteiger partial charge in [0.25, 0.3) is 5.91 Å². The van der Waals surface area contributed by atoms with E-state index < -0.39 is 5.91 Å². The van der Waals surface area contributed by atoms with E-state index in [0.29, 0.717) is 33.5 Å². The predicted molar refractivity (Wildman–Crippen MR) is 121 cm³/mol. The second-order valence-corrected chi connectivity index (χ2v) is 8.51. The standard InChI is InChI=1S/C23H25ClN4O3/c1-28(2)16-9-6-14(7-10-16)22(29)27-20-17-13-15(24)8-11-18(17)31-21(20)23(30)26-19-5-3-4-12-25-19/h3-5,8,11-14,16H,6-7,9-10H2,1-2H3,(H,27,29)(H,25,26,30). The molecule has 0 spiro atoms. The average Bonchev–Trinajstić information content (AvgIpc) is 3.12. The molecular formula is C23H25ClN4O3. The quantitative estimate of drug-likeness (QED) is 0.595. The number of halogens is 1. The normalized spacial score (nSPS) is 18.8. The van der Waals surface area contributed by atoms with E-state index in [1.807, 2.05) is 0 Å². The molecule has 0 radical (unpaired) electrons. The van der Waals surface area contributed by atoms with E-state index in [9.17, 15) is 9.59 Å². The van der Waals surface area contributed by atoms with Crippen LogP contribution in [0.15, 0.2) is 47.0 Å². The Morgan fingerprint density at radius 2 is 1.87 bits per heavy atom. The molecular weight excluding hydrogens is 416 g/mol. The summed E-state index contributed by atoms with van der Waals surface area (Å²) in [6, 6.07) is 10.8. The van der Waals surface area contributed by atoms with Crippen molar-refractivity contribution in [3.8, 4) is 0 Å². The van der Waals surface area contributed by atoms with E-state index in [4.69, 9.17) is 16.0 Å². The zero-order chi connectivity index (χ0) is 22.0. The number of rotatable bonds is 5. The summed E-state index contributed by atoms with van der Waals surface area (Å²) in [4.78, 5) is 32.3. The summed E-state index contributed by atoms with van der Waals surface area (Å²) >= 11 is 6.17. The first-order chi connectivity index (χ1) is 14.9. The van der Waals surface area contributed by atoms with E-state index in [0.717, 1.165) is 25.7 Å². The second-order valence-electron chi connectivity index (χ2n) is 8.07. The summed E-state index contributed by atoms with van der Waals surface area (Å²) in [6.45, 7) is 0. The molecule has 1 aliphatic carbocycles.